The molecule has 17 heteroatoms. The third-order valence-corrected chi connectivity index (χ3v) is 5.64. The lowest BCUT2D eigenvalue weighted by atomic mass is 9.96. The molecule has 14 atom stereocenters. The number of aldehydes is 1. The van der Waals surface area contributed by atoms with Crippen LogP contribution in [0.3, 0.4) is 0 Å². The highest BCUT2D eigenvalue weighted by Gasteiger charge is 2.51. The van der Waals surface area contributed by atoms with Crippen molar-refractivity contribution >= 4 is 6.29 Å². The molecule has 0 radical (unpaired) electrons. The van der Waals surface area contributed by atoms with Crippen molar-refractivity contribution in [2.45, 2.75) is 85.8 Å². The number of aliphatic hydroxyl groups excluding tert-OH is 11. The van der Waals surface area contributed by atoms with Crippen LogP contribution >= 0.6 is 0 Å². The van der Waals surface area contributed by atoms with E-state index in [1.54, 1.807) is 0 Å². The molecule has 0 saturated carbocycles. The fourth-order valence-electron chi connectivity index (χ4n) is 3.60. The van der Waals surface area contributed by atoms with Crippen molar-refractivity contribution < 1.29 is 85.4 Å². The molecule has 2 aliphatic heterocycles. The van der Waals surface area contributed by atoms with Gasteiger partial charge in [0.1, 0.15) is 73.2 Å². The van der Waals surface area contributed by atoms with Gasteiger partial charge in [0.05, 0.1) is 19.8 Å². The number of carbonyl (C=O) groups is 1. The Morgan fingerprint density at radius 1 is 0.771 bits per heavy atom. The molecular formula is C18H34O17. The van der Waals surface area contributed by atoms with Crippen molar-refractivity contribution in [2.75, 3.05) is 19.8 Å². The van der Waals surface area contributed by atoms with E-state index in [1.165, 1.54) is 0 Å². The van der Waals surface area contributed by atoms with Crippen LogP contribution in [-0.2, 0) is 23.7 Å². The van der Waals surface area contributed by atoms with Crippen LogP contribution in [0.15, 0.2) is 0 Å². The number of carbonyl (C=O) groups excluding carboxylic acids is 1. The zero-order valence-electron chi connectivity index (χ0n) is 18.2. The van der Waals surface area contributed by atoms with Crippen LogP contribution in [0.25, 0.3) is 0 Å². The maximum absolute atomic E-state index is 10.8. The van der Waals surface area contributed by atoms with Crippen LogP contribution in [0.4, 0.5) is 0 Å². The van der Waals surface area contributed by atoms with E-state index in [0.717, 1.165) is 0 Å². The zero-order valence-corrected chi connectivity index (χ0v) is 18.2. The maximum Gasteiger partial charge on any atom is 0.187 e. The zero-order chi connectivity index (χ0) is 25.7. The van der Waals surface area contributed by atoms with E-state index in [-0.39, 0.29) is 11.8 Å². The molecule has 2 aliphatic rings. The maximum atomic E-state index is 10.8. The molecule has 0 bridgehead atoms. The summed E-state index contributed by atoms with van der Waals surface area (Å²) in [5.41, 5.74) is 0. The molecule has 0 aliphatic carbocycles. The lowest BCUT2D eigenvalue weighted by molar-refractivity contribution is -0.367. The van der Waals surface area contributed by atoms with E-state index in [1.807, 2.05) is 0 Å². The number of aliphatic hydroxyl groups is 11. The number of hydrogen-bond acceptors (Lipinski definition) is 16. The van der Waals surface area contributed by atoms with Gasteiger partial charge < -0.3 is 85.4 Å². The molecule has 0 aromatic carbocycles. The van der Waals surface area contributed by atoms with E-state index in [0.29, 0.717) is 0 Å². The number of hydrogen-bond donors (Lipinski definition) is 11. The molecule has 35 heavy (non-hydrogen) atoms. The molecule has 2 heterocycles. The summed E-state index contributed by atoms with van der Waals surface area (Å²) in [6.45, 7) is -2.64. The minimum absolute atomic E-state index is 0. The van der Waals surface area contributed by atoms with Crippen molar-refractivity contribution in [3.05, 3.63) is 0 Å². The molecule has 13 N–H and O–H groups in total. The van der Waals surface area contributed by atoms with Gasteiger partial charge in [0.25, 0.3) is 0 Å². The predicted octanol–water partition coefficient (Wildman–Crippen LogP) is -8.56. The van der Waals surface area contributed by atoms with Crippen molar-refractivity contribution in [3.8, 4) is 0 Å². The Labute approximate surface area is 198 Å². The Hall–Kier alpha value is -0.970. The topological polar surface area (TPSA) is 308 Å². The van der Waals surface area contributed by atoms with E-state index < -0.39 is 106 Å². The van der Waals surface area contributed by atoms with E-state index in [2.05, 4.69) is 0 Å². The van der Waals surface area contributed by atoms with Crippen molar-refractivity contribution in [2.24, 2.45) is 0 Å². The highest BCUT2D eigenvalue weighted by atomic mass is 16.7. The lowest BCUT2D eigenvalue weighted by Crippen LogP contribution is -2.65. The average molecular weight is 522 g/mol. The predicted molar refractivity (Wildman–Crippen MR) is 106 cm³/mol. The van der Waals surface area contributed by atoms with Crippen LogP contribution < -0.4 is 0 Å². The molecule has 2 saturated heterocycles. The third-order valence-electron chi connectivity index (χ3n) is 5.64. The largest absolute Gasteiger partial charge is 0.412 e. The SMILES string of the molecule is O.O=C[C@H](O)[C@@H](O)[C@H](O[C@H]1O[C@H](CO)[C@@H](O[C@H]2O[C@H](CO)[C@@H](O)[C@H](O)[C@H]2O)[C@H](O)[C@H]1O)[C@H](O)CO. The summed E-state index contributed by atoms with van der Waals surface area (Å²) in [6.07, 6.45) is -25.4. The summed E-state index contributed by atoms with van der Waals surface area (Å²) < 4.78 is 21.1. The van der Waals surface area contributed by atoms with Crippen LogP contribution in [0, 0.1) is 0 Å². The van der Waals surface area contributed by atoms with Gasteiger partial charge in [0.2, 0.25) is 0 Å². The Morgan fingerprint density at radius 2 is 1.31 bits per heavy atom. The van der Waals surface area contributed by atoms with Crippen LogP contribution in [0.5, 0.6) is 0 Å². The monoisotopic (exact) mass is 522 g/mol. The van der Waals surface area contributed by atoms with Gasteiger partial charge in [-0.1, -0.05) is 0 Å². The second-order valence-electron chi connectivity index (χ2n) is 7.97. The Morgan fingerprint density at radius 3 is 1.83 bits per heavy atom. The lowest BCUT2D eigenvalue weighted by Gasteiger charge is -2.46. The van der Waals surface area contributed by atoms with Gasteiger partial charge in [0, 0.05) is 0 Å². The van der Waals surface area contributed by atoms with E-state index >= 15 is 0 Å². The molecule has 2 rings (SSSR count). The van der Waals surface area contributed by atoms with Gasteiger partial charge in [-0.2, -0.15) is 0 Å². The van der Waals surface area contributed by atoms with Gasteiger partial charge in [-0.15, -0.1) is 0 Å². The van der Waals surface area contributed by atoms with Crippen molar-refractivity contribution in [1.82, 2.24) is 0 Å². The molecule has 2 fully saturated rings. The minimum atomic E-state index is -2.08. The fourth-order valence-corrected chi connectivity index (χ4v) is 3.60. The molecule has 0 spiro atoms. The van der Waals surface area contributed by atoms with E-state index in [9.17, 15) is 55.9 Å². The summed E-state index contributed by atoms with van der Waals surface area (Å²) in [4.78, 5) is 10.8. The van der Waals surface area contributed by atoms with Crippen LogP contribution in [0.1, 0.15) is 0 Å². The smallest absolute Gasteiger partial charge is 0.187 e. The summed E-state index contributed by atoms with van der Waals surface area (Å²) in [5, 5.41) is 108. The molecule has 0 aromatic rings. The van der Waals surface area contributed by atoms with Gasteiger partial charge >= 0.3 is 0 Å². The third kappa shape index (κ3) is 7.08. The molecule has 0 aromatic heterocycles. The Bertz CT molecular complexity index is 622. The molecule has 208 valence electrons. The summed E-state index contributed by atoms with van der Waals surface area (Å²) in [6, 6.07) is 0. The Kier molecular flexibility index (Phi) is 12.9. The molecule has 0 unspecified atom stereocenters. The van der Waals surface area contributed by atoms with Gasteiger partial charge in [0.15, 0.2) is 18.9 Å². The highest BCUT2D eigenvalue weighted by molar-refractivity contribution is 5.56. The van der Waals surface area contributed by atoms with Crippen LogP contribution in [0.2, 0.25) is 0 Å². The fraction of sp³-hybridized carbons (Fsp3) is 0.944. The second-order valence-corrected chi connectivity index (χ2v) is 7.97. The van der Waals surface area contributed by atoms with Crippen LogP contribution in [-0.4, -0.2) is 174 Å². The first-order chi connectivity index (χ1) is 16.0. The number of ether oxygens (including phenoxy) is 4. The number of rotatable bonds is 11. The summed E-state index contributed by atoms with van der Waals surface area (Å²) in [7, 11) is 0. The van der Waals surface area contributed by atoms with E-state index in [4.69, 9.17) is 24.1 Å². The van der Waals surface area contributed by atoms with Gasteiger partial charge in [-0.25, -0.2) is 0 Å². The van der Waals surface area contributed by atoms with Gasteiger partial charge in [-0.05, 0) is 0 Å². The quantitative estimate of drug-likeness (QED) is 0.112. The molecular weight excluding hydrogens is 488 g/mol. The first kappa shape index (κ1) is 32.1. The van der Waals surface area contributed by atoms with Crippen molar-refractivity contribution in [1.29, 1.82) is 0 Å². The normalized spacial score (nSPS) is 41.3. The molecule has 0 amide bonds. The minimum Gasteiger partial charge on any atom is -0.412 e. The summed E-state index contributed by atoms with van der Waals surface area (Å²) >= 11 is 0. The van der Waals surface area contributed by atoms with Gasteiger partial charge in [-0.3, -0.25) is 0 Å². The summed E-state index contributed by atoms with van der Waals surface area (Å²) in [5.74, 6) is 0. The first-order valence-electron chi connectivity index (χ1n) is 10.4. The average Bonchev–Trinajstić information content (AvgIpc) is 2.84. The first-order valence-corrected chi connectivity index (χ1v) is 10.4. The second kappa shape index (κ2) is 14.1. The standard InChI is InChI=1S/C18H32O16.H2O/c19-1-5(23)9(25)15(6(24)2-20)33-18-14(30)12(28)16(8(4-22)32-18)34-17-13(29)11(27)10(26)7(3-21)31-17;/h1,5-18,20-30H,2-4H2;1H2/t5-,6+,7+,8+,9+,10+,11-,12+,13+,14+,15+,16+,17+,18+;/m0./s1. The van der Waals surface area contributed by atoms with Crippen molar-refractivity contribution in [3.63, 3.8) is 0 Å². The Balaban J connectivity index is 0.00000612. The molecule has 17 nitrogen and oxygen atoms in total. The highest BCUT2D eigenvalue weighted by Crippen LogP contribution is 2.30.